The van der Waals surface area contributed by atoms with Crippen LogP contribution in [0.5, 0.6) is 5.75 Å². The molecule has 0 aliphatic rings. The van der Waals surface area contributed by atoms with Gasteiger partial charge in [0.15, 0.2) is 0 Å². The minimum absolute atomic E-state index is 0.196. The lowest BCUT2D eigenvalue weighted by Gasteiger charge is -2.08. The van der Waals surface area contributed by atoms with Crippen molar-refractivity contribution in [3.63, 3.8) is 0 Å². The van der Waals surface area contributed by atoms with Crippen LogP contribution in [0, 0.1) is 19.7 Å². The molecule has 102 valence electrons. The van der Waals surface area contributed by atoms with E-state index in [1.54, 1.807) is 30.4 Å². The summed E-state index contributed by atoms with van der Waals surface area (Å²) in [7, 11) is 0. The van der Waals surface area contributed by atoms with Crippen molar-refractivity contribution in [3.8, 4) is 5.75 Å². The number of thiophene rings is 1. The van der Waals surface area contributed by atoms with Crippen LogP contribution in [0.25, 0.3) is 0 Å². The van der Waals surface area contributed by atoms with Crippen LogP contribution in [-0.4, -0.2) is 13.2 Å². The standard InChI is InChI=1S/C15H18FNOS/c1-11-5-8-19-15(11)10-17-6-7-18-13-3-4-14(16)12(2)9-13/h3-5,8-9,17H,6-7,10H2,1-2H3. The van der Waals surface area contributed by atoms with E-state index < -0.39 is 0 Å². The van der Waals surface area contributed by atoms with Crippen LogP contribution >= 0.6 is 11.3 Å². The lowest BCUT2D eigenvalue weighted by molar-refractivity contribution is 0.313. The predicted molar refractivity (Wildman–Crippen MR) is 77.4 cm³/mol. The molecule has 0 saturated carbocycles. The number of rotatable bonds is 6. The van der Waals surface area contributed by atoms with E-state index in [-0.39, 0.29) is 5.82 Å². The fourth-order valence-corrected chi connectivity index (χ4v) is 2.61. The number of hydrogen-bond donors (Lipinski definition) is 1. The molecule has 2 nitrogen and oxygen atoms in total. The van der Waals surface area contributed by atoms with Crippen molar-refractivity contribution in [2.24, 2.45) is 0 Å². The van der Waals surface area contributed by atoms with Crippen LogP contribution in [0.15, 0.2) is 29.6 Å². The summed E-state index contributed by atoms with van der Waals surface area (Å²) in [5.74, 6) is 0.520. The second-order valence-corrected chi connectivity index (χ2v) is 5.46. The molecule has 19 heavy (non-hydrogen) atoms. The molecule has 0 fully saturated rings. The Morgan fingerprint density at radius 2 is 2.05 bits per heavy atom. The van der Waals surface area contributed by atoms with Gasteiger partial charge in [-0.05, 0) is 54.6 Å². The molecule has 1 N–H and O–H groups in total. The third kappa shape index (κ3) is 4.04. The normalized spacial score (nSPS) is 10.7. The van der Waals surface area contributed by atoms with Crippen molar-refractivity contribution < 1.29 is 9.13 Å². The molecule has 0 atom stereocenters. The van der Waals surface area contributed by atoms with Gasteiger partial charge in [0, 0.05) is 18.0 Å². The van der Waals surface area contributed by atoms with E-state index in [2.05, 4.69) is 23.7 Å². The van der Waals surface area contributed by atoms with Crippen molar-refractivity contribution in [3.05, 3.63) is 51.5 Å². The van der Waals surface area contributed by atoms with E-state index in [1.807, 2.05) is 0 Å². The van der Waals surface area contributed by atoms with Gasteiger partial charge in [-0.15, -0.1) is 11.3 Å². The number of halogens is 1. The minimum Gasteiger partial charge on any atom is -0.492 e. The highest BCUT2D eigenvalue weighted by atomic mass is 32.1. The second kappa shape index (κ2) is 6.68. The average Bonchev–Trinajstić information content (AvgIpc) is 2.79. The summed E-state index contributed by atoms with van der Waals surface area (Å²) in [4.78, 5) is 1.36. The monoisotopic (exact) mass is 279 g/mol. The fourth-order valence-electron chi connectivity index (χ4n) is 1.74. The van der Waals surface area contributed by atoms with E-state index in [1.165, 1.54) is 16.5 Å². The molecule has 0 aliphatic carbocycles. The molecule has 1 aromatic carbocycles. The van der Waals surface area contributed by atoms with E-state index >= 15 is 0 Å². The van der Waals surface area contributed by atoms with Gasteiger partial charge < -0.3 is 10.1 Å². The second-order valence-electron chi connectivity index (χ2n) is 4.46. The van der Waals surface area contributed by atoms with Crippen LogP contribution in [0.4, 0.5) is 4.39 Å². The van der Waals surface area contributed by atoms with Crippen LogP contribution in [0.3, 0.4) is 0 Å². The molecule has 0 unspecified atom stereocenters. The molecule has 0 amide bonds. The van der Waals surface area contributed by atoms with Gasteiger partial charge in [-0.25, -0.2) is 4.39 Å². The van der Waals surface area contributed by atoms with Gasteiger partial charge in [0.25, 0.3) is 0 Å². The third-order valence-electron chi connectivity index (χ3n) is 2.93. The maximum atomic E-state index is 13.1. The molecule has 4 heteroatoms. The lowest BCUT2D eigenvalue weighted by Crippen LogP contribution is -2.20. The van der Waals surface area contributed by atoms with Gasteiger partial charge in [-0.1, -0.05) is 0 Å². The van der Waals surface area contributed by atoms with E-state index in [4.69, 9.17) is 4.74 Å². The smallest absolute Gasteiger partial charge is 0.126 e. The Hall–Kier alpha value is -1.39. The first-order valence-corrected chi connectivity index (χ1v) is 7.17. The number of nitrogens with one attached hydrogen (secondary N) is 1. The Balaban J connectivity index is 1.69. The Kier molecular flexibility index (Phi) is 4.93. The third-order valence-corrected chi connectivity index (χ3v) is 3.95. The van der Waals surface area contributed by atoms with Gasteiger partial charge in [0.1, 0.15) is 18.2 Å². The molecule has 0 aliphatic heterocycles. The summed E-state index contributed by atoms with van der Waals surface area (Å²) in [6, 6.07) is 6.94. The van der Waals surface area contributed by atoms with Crippen molar-refractivity contribution in [1.82, 2.24) is 5.32 Å². The molecule has 0 radical (unpaired) electrons. The van der Waals surface area contributed by atoms with Crippen molar-refractivity contribution in [2.45, 2.75) is 20.4 Å². The zero-order valence-corrected chi connectivity index (χ0v) is 12.0. The van der Waals surface area contributed by atoms with Gasteiger partial charge in [0.2, 0.25) is 0 Å². The zero-order valence-electron chi connectivity index (χ0n) is 11.2. The lowest BCUT2D eigenvalue weighted by atomic mass is 10.2. The summed E-state index contributed by atoms with van der Waals surface area (Å²) in [6.45, 7) is 6.07. The van der Waals surface area contributed by atoms with Gasteiger partial charge in [-0.2, -0.15) is 0 Å². The van der Waals surface area contributed by atoms with Crippen LogP contribution in [0.1, 0.15) is 16.0 Å². The largest absolute Gasteiger partial charge is 0.492 e. The summed E-state index contributed by atoms with van der Waals surface area (Å²) in [5.41, 5.74) is 1.94. The fraction of sp³-hybridized carbons (Fsp3) is 0.333. The number of hydrogen-bond acceptors (Lipinski definition) is 3. The Morgan fingerprint density at radius 3 is 2.74 bits per heavy atom. The first kappa shape index (κ1) is 14.0. The van der Waals surface area contributed by atoms with Gasteiger partial charge in [-0.3, -0.25) is 0 Å². The summed E-state index contributed by atoms with van der Waals surface area (Å²) in [6.07, 6.45) is 0. The minimum atomic E-state index is -0.196. The van der Waals surface area contributed by atoms with Crippen molar-refractivity contribution in [1.29, 1.82) is 0 Å². The molecule has 1 aromatic heterocycles. The average molecular weight is 279 g/mol. The highest BCUT2D eigenvalue weighted by Crippen LogP contribution is 2.16. The van der Waals surface area contributed by atoms with Crippen molar-refractivity contribution in [2.75, 3.05) is 13.2 Å². The summed E-state index contributed by atoms with van der Waals surface area (Å²) < 4.78 is 18.6. The first-order valence-electron chi connectivity index (χ1n) is 6.29. The van der Waals surface area contributed by atoms with Gasteiger partial charge >= 0.3 is 0 Å². The summed E-state index contributed by atoms with van der Waals surface area (Å²) >= 11 is 1.76. The zero-order chi connectivity index (χ0) is 13.7. The molecule has 0 spiro atoms. The van der Waals surface area contributed by atoms with Crippen LogP contribution in [0.2, 0.25) is 0 Å². The highest BCUT2D eigenvalue weighted by Gasteiger charge is 2.01. The Bertz CT molecular complexity index is 539. The maximum Gasteiger partial charge on any atom is 0.126 e. The quantitative estimate of drug-likeness (QED) is 0.815. The van der Waals surface area contributed by atoms with E-state index in [0.717, 1.165) is 13.1 Å². The van der Waals surface area contributed by atoms with E-state index in [9.17, 15) is 4.39 Å². The molecule has 2 aromatic rings. The molecule has 1 heterocycles. The molecule has 2 rings (SSSR count). The molecular weight excluding hydrogens is 261 g/mol. The predicted octanol–water partition coefficient (Wildman–Crippen LogP) is 3.67. The van der Waals surface area contributed by atoms with Crippen LogP contribution < -0.4 is 10.1 Å². The summed E-state index contributed by atoms with van der Waals surface area (Å²) in [5, 5.41) is 5.44. The first-order chi connectivity index (χ1) is 9.16. The van der Waals surface area contributed by atoms with E-state index in [0.29, 0.717) is 17.9 Å². The van der Waals surface area contributed by atoms with Crippen LogP contribution in [-0.2, 0) is 6.54 Å². The molecule has 0 saturated heterocycles. The van der Waals surface area contributed by atoms with Gasteiger partial charge in [0.05, 0.1) is 0 Å². The molecular formula is C15H18FNOS. The topological polar surface area (TPSA) is 21.3 Å². The molecule has 0 bridgehead atoms. The Morgan fingerprint density at radius 1 is 1.21 bits per heavy atom. The SMILES string of the molecule is Cc1cc(OCCNCc2sccc2C)ccc1F. The maximum absolute atomic E-state index is 13.1. The number of ether oxygens (including phenoxy) is 1. The van der Waals surface area contributed by atoms with Crippen molar-refractivity contribution >= 4 is 11.3 Å². The Labute approximate surface area is 117 Å². The number of aryl methyl sites for hydroxylation is 2. The highest BCUT2D eigenvalue weighted by molar-refractivity contribution is 7.10. The number of benzene rings is 1.